The van der Waals surface area contributed by atoms with Gasteiger partial charge in [0.2, 0.25) is 0 Å². The van der Waals surface area contributed by atoms with E-state index in [1.807, 2.05) is 0 Å². The lowest BCUT2D eigenvalue weighted by molar-refractivity contribution is -0.0232. The monoisotopic (exact) mass is 448 g/mol. The van der Waals surface area contributed by atoms with Crippen LogP contribution in [-0.2, 0) is 6.54 Å². The predicted octanol–water partition coefficient (Wildman–Crippen LogP) is 2.65. The SMILES string of the molecule is Cc1cc(C(C)N2Cc3c(ccnc3C(=O)NCCCO)C2=O)ncc1OCC(C)(F)F. The van der Waals surface area contributed by atoms with Crippen LogP contribution >= 0.6 is 0 Å². The van der Waals surface area contributed by atoms with E-state index in [9.17, 15) is 18.4 Å². The Morgan fingerprint density at radius 3 is 2.81 bits per heavy atom. The second kappa shape index (κ2) is 9.56. The highest BCUT2D eigenvalue weighted by atomic mass is 19.3. The van der Waals surface area contributed by atoms with Gasteiger partial charge in [0.1, 0.15) is 11.4 Å². The quantitative estimate of drug-likeness (QED) is 0.572. The van der Waals surface area contributed by atoms with E-state index in [0.29, 0.717) is 35.3 Å². The Bertz CT molecular complexity index is 1010. The maximum Gasteiger partial charge on any atom is 0.278 e. The van der Waals surface area contributed by atoms with Gasteiger partial charge >= 0.3 is 0 Å². The van der Waals surface area contributed by atoms with Crippen molar-refractivity contribution in [1.82, 2.24) is 20.2 Å². The van der Waals surface area contributed by atoms with Gasteiger partial charge in [0, 0.05) is 43.9 Å². The number of alkyl halides is 2. The lowest BCUT2D eigenvalue weighted by atomic mass is 10.1. The number of amides is 2. The summed E-state index contributed by atoms with van der Waals surface area (Å²) in [6.07, 6.45) is 3.22. The second-order valence-electron chi connectivity index (χ2n) is 7.86. The van der Waals surface area contributed by atoms with Crippen molar-refractivity contribution in [1.29, 1.82) is 0 Å². The molecule has 0 spiro atoms. The molecular weight excluding hydrogens is 422 g/mol. The van der Waals surface area contributed by atoms with Crippen molar-refractivity contribution in [2.24, 2.45) is 0 Å². The zero-order chi connectivity index (χ0) is 23.5. The smallest absolute Gasteiger partial charge is 0.278 e. The minimum absolute atomic E-state index is 0.0402. The molecule has 0 fully saturated rings. The third-order valence-corrected chi connectivity index (χ3v) is 5.17. The molecule has 1 aliphatic rings. The molecule has 0 aromatic carbocycles. The Morgan fingerprint density at radius 2 is 2.16 bits per heavy atom. The van der Waals surface area contributed by atoms with E-state index >= 15 is 0 Å². The second-order valence-corrected chi connectivity index (χ2v) is 7.86. The summed E-state index contributed by atoms with van der Waals surface area (Å²) in [6.45, 7) is 4.01. The maximum atomic E-state index is 13.1. The van der Waals surface area contributed by atoms with Crippen molar-refractivity contribution in [3.05, 3.63) is 52.6 Å². The number of aliphatic hydroxyl groups is 1. The zero-order valence-corrected chi connectivity index (χ0v) is 18.2. The number of hydrogen-bond acceptors (Lipinski definition) is 6. The molecule has 2 N–H and O–H groups in total. The van der Waals surface area contributed by atoms with Crippen LogP contribution in [0.15, 0.2) is 24.5 Å². The number of aryl methyl sites for hydroxylation is 1. The summed E-state index contributed by atoms with van der Waals surface area (Å²) in [6, 6.07) is 2.85. The van der Waals surface area contributed by atoms with Gasteiger partial charge in [-0.2, -0.15) is 0 Å². The van der Waals surface area contributed by atoms with E-state index in [4.69, 9.17) is 9.84 Å². The molecule has 172 valence electrons. The van der Waals surface area contributed by atoms with Crippen LogP contribution < -0.4 is 10.1 Å². The molecule has 0 saturated heterocycles. The number of carbonyl (C=O) groups excluding carboxylic acids is 2. The van der Waals surface area contributed by atoms with Crippen molar-refractivity contribution in [2.75, 3.05) is 19.8 Å². The number of nitrogens with zero attached hydrogens (tertiary/aromatic N) is 3. The van der Waals surface area contributed by atoms with Gasteiger partial charge in [0.25, 0.3) is 17.7 Å². The lowest BCUT2D eigenvalue weighted by Crippen LogP contribution is -2.29. The predicted molar refractivity (Wildman–Crippen MR) is 112 cm³/mol. The first-order chi connectivity index (χ1) is 15.1. The molecule has 0 radical (unpaired) electrons. The molecule has 2 amide bonds. The van der Waals surface area contributed by atoms with Gasteiger partial charge in [-0.15, -0.1) is 0 Å². The van der Waals surface area contributed by atoms with Crippen molar-refractivity contribution in [3.8, 4) is 5.75 Å². The van der Waals surface area contributed by atoms with E-state index in [-0.39, 0.29) is 30.5 Å². The van der Waals surface area contributed by atoms with Gasteiger partial charge in [-0.25, -0.2) is 8.78 Å². The topological polar surface area (TPSA) is 105 Å². The number of hydrogen-bond donors (Lipinski definition) is 2. The molecule has 0 aliphatic carbocycles. The maximum absolute atomic E-state index is 13.1. The van der Waals surface area contributed by atoms with E-state index in [0.717, 1.165) is 6.92 Å². The Kier molecular flexibility index (Phi) is 7.02. The standard InChI is InChI=1S/C22H26F2N4O4/c1-13-9-17(27-10-18(13)32-12-22(3,23)24)14(2)28-11-16-15(21(28)31)5-7-25-19(16)20(30)26-6-4-8-29/h5,7,9-10,14,29H,4,6,8,11-12H2,1-3H3,(H,26,30). The average molecular weight is 448 g/mol. The van der Waals surface area contributed by atoms with Gasteiger partial charge in [0.15, 0.2) is 6.61 Å². The van der Waals surface area contributed by atoms with Gasteiger partial charge < -0.3 is 20.1 Å². The molecule has 10 heteroatoms. The highest BCUT2D eigenvalue weighted by Gasteiger charge is 2.35. The number of fused-ring (bicyclic) bond motifs is 1. The first kappa shape index (κ1) is 23.5. The number of aromatic nitrogens is 2. The summed E-state index contributed by atoms with van der Waals surface area (Å²) < 4.78 is 31.3. The van der Waals surface area contributed by atoms with Gasteiger partial charge in [-0.3, -0.25) is 19.6 Å². The van der Waals surface area contributed by atoms with Gasteiger partial charge in [0.05, 0.1) is 17.9 Å². The van der Waals surface area contributed by atoms with Gasteiger partial charge in [-0.1, -0.05) is 0 Å². The summed E-state index contributed by atoms with van der Waals surface area (Å²) in [5.41, 5.74) is 2.31. The molecule has 2 aromatic heterocycles. The fourth-order valence-electron chi connectivity index (χ4n) is 3.43. The largest absolute Gasteiger partial charge is 0.485 e. The van der Waals surface area contributed by atoms with Crippen LogP contribution in [0.4, 0.5) is 8.78 Å². The number of aliphatic hydroxyl groups excluding tert-OH is 1. The van der Waals surface area contributed by atoms with Crippen molar-refractivity contribution < 1.29 is 28.2 Å². The Morgan fingerprint density at radius 1 is 1.41 bits per heavy atom. The highest BCUT2D eigenvalue weighted by molar-refractivity contribution is 6.03. The average Bonchev–Trinajstić information content (AvgIpc) is 3.08. The first-order valence-electron chi connectivity index (χ1n) is 10.3. The Labute approximate surface area is 184 Å². The minimum Gasteiger partial charge on any atom is -0.485 e. The van der Waals surface area contributed by atoms with Crippen LogP contribution in [0, 0.1) is 6.92 Å². The molecule has 0 saturated carbocycles. The van der Waals surface area contributed by atoms with E-state index in [1.165, 1.54) is 12.4 Å². The minimum atomic E-state index is -2.96. The number of pyridine rings is 2. The third kappa shape index (κ3) is 5.18. The lowest BCUT2D eigenvalue weighted by Gasteiger charge is -2.24. The molecular formula is C22H26F2N4O4. The van der Waals surface area contributed by atoms with Crippen LogP contribution in [0.25, 0.3) is 0 Å². The summed E-state index contributed by atoms with van der Waals surface area (Å²) in [7, 11) is 0. The summed E-state index contributed by atoms with van der Waals surface area (Å²) in [5, 5.41) is 11.6. The summed E-state index contributed by atoms with van der Waals surface area (Å²) in [5.74, 6) is -3.35. The third-order valence-electron chi connectivity index (χ3n) is 5.17. The number of nitrogens with one attached hydrogen (secondary N) is 1. The van der Waals surface area contributed by atoms with Crippen LogP contribution in [0.5, 0.6) is 5.75 Å². The molecule has 8 nitrogen and oxygen atoms in total. The van der Waals surface area contributed by atoms with Crippen molar-refractivity contribution >= 4 is 11.8 Å². The fraction of sp³-hybridized carbons (Fsp3) is 0.455. The summed E-state index contributed by atoms with van der Waals surface area (Å²) >= 11 is 0. The number of carbonyl (C=O) groups is 2. The molecule has 3 heterocycles. The van der Waals surface area contributed by atoms with Crippen LogP contribution in [0.1, 0.15) is 64.0 Å². The molecule has 3 rings (SSSR count). The number of rotatable bonds is 9. The van der Waals surface area contributed by atoms with Crippen LogP contribution in [0.3, 0.4) is 0 Å². The van der Waals surface area contributed by atoms with Crippen molar-refractivity contribution in [2.45, 2.75) is 45.7 Å². The van der Waals surface area contributed by atoms with Crippen molar-refractivity contribution in [3.63, 3.8) is 0 Å². The first-order valence-corrected chi connectivity index (χ1v) is 10.3. The highest BCUT2D eigenvalue weighted by Crippen LogP contribution is 2.33. The molecule has 1 aliphatic heterocycles. The van der Waals surface area contributed by atoms with E-state index < -0.39 is 24.5 Å². The fourth-order valence-corrected chi connectivity index (χ4v) is 3.43. The molecule has 1 unspecified atom stereocenters. The Hall–Kier alpha value is -3.14. The molecule has 32 heavy (non-hydrogen) atoms. The van der Waals surface area contributed by atoms with Gasteiger partial charge in [-0.05, 0) is 38.0 Å². The van der Waals surface area contributed by atoms with E-state index in [1.54, 1.807) is 30.9 Å². The van der Waals surface area contributed by atoms with Crippen LogP contribution in [-0.4, -0.2) is 57.5 Å². The molecule has 1 atom stereocenters. The van der Waals surface area contributed by atoms with Crippen LogP contribution in [0.2, 0.25) is 0 Å². The van der Waals surface area contributed by atoms with E-state index in [2.05, 4.69) is 15.3 Å². The summed E-state index contributed by atoms with van der Waals surface area (Å²) in [4.78, 5) is 35.5. The normalized spacial score (nSPS) is 14.3. The number of ether oxygens (including phenoxy) is 1. The zero-order valence-electron chi connectivity index (χ0n) is 18.2. The number of halogens is 2. The molecule has 2 aromatic rings. The molecule has 0 bridgehead atoms. The Balaban J connectivity index is 1.77.